The van der Waals surface area contributed by atoms with Crippen LogP contribution in [-0.2, 0) is 4.79 Å². The summed E-state index contributed by atoms with van der Waals surface area (Å²) in [5.74, 6) is -0.110. The van der Waals surface area contributed by atoms with Crippen molar-refractivity contribution in [2.75, 3.05) is 11.9 Å². The highest BCUT2D eigenvalue weighted by Crippen LogP contribution is 2.14. The summed E-state index contributed by atoms with van der Waals surface area (Å²) in [4.78, 5) is 11.6. The van der Waals surface area contributed by atoms with E-state index in [4.69, 9.17) is 5.73 Å². The SMILES string of the molecule is Cc1cc(F)cc(NC(=O)CCC(C)CN)c1. The molecule has 0 saturated heterocycles. The average Bonchev–Trinajstić information content (AvgIpc) is 2.24. The van der Waals surface area contributed by atoms with Gasteiger partial charge in [-0.15, -0.1) is 0 Å². The van der Waals surface area contributed by atoms with Crippen molar-refractivity contribution in [2.24, 2.45) is 11.7 Å². The molecule has 1 aromatic carbocycles. The predicted molar refractivity (Wildman–Crippen MR) is 67.2 cm³/mol. The van der Waals surface area contributed by atoms with E-state index in [0.717, 1.165) is 12.0 Å². The lowest BCUT2D eigenvalue weighted by Crippen LogP contribution is -2.16. The summed E-state index contributed by atoms with van der Waals surface area (Å²) in [6, 6.07) is 4.48. The minimum absolute atomic E-state index is 0.102. The van der Waals surface area contributed by atoms with Gasteiger partial charge in [-0.25, -0.2) is 4.39 Å². The van der Waals surface area contributed by atoms with E-state index < -0.39 is 0 Å². The molecule has 0 aliphatic heterocycles. The van der Waals surface area contributed by atoms with Crippen molar-refractivity contribution in [2.45, 2.75) is 26.7 Å². The fraction of sp³-hybridized carbons (Fsp3) is 0.462. The van der Waals surface area contributed by atoms with E-state index >= 15 is 0 Å². The van der Waals surface area contributed by atoms with Crippen LogP contribution < -0.4 is 11.1 Å². The average molecular weight is 238 g/mol. The van der Waals surface area contributed by atoms with Gasteiger partial charge in [0.05, 0.1) is 0 Å². The number of nitrogens with two attached hydrogens (primary N) is 1. The van der Waals surface area contributed by atoms with Crippen LogP contribution >= 0.6 is 0 Å². The summed E-state index contributed by atoms with van der Waals surface area (Å²) < 4.78 is 13.1. The monoisotopic (exact) mass is 238 g/mol. The lowest BCUT2D eigenvalue weighted by atomic mass is 10.1. The third kappa shape index (κ3) is 4.95. The van der Waals surface area contributed by atoms with Gasteiger partial charge in [0.25, 0.3) is 0 Å². The van der Waals surface area contributed by atoms with Crippen LogP contribution in [0.3, 0.4) is 0 Å². The number of amides is 1. The first-order chi connectivity index (χ1) is 8.01. The molecule has 0 aliphatic carbocycles. The van der Waals surface area contributed by atoms with E-state index in [1.807, 2.05) is 6.92 Å². The molecular formula is C13H19FN2O. The number of hydrogen-bond acceptors (Lipinski definition) is 2. The second-order valence-corrected chi connectivity index (χ2v) is 4.44. The molecule has 0 fully saturated rings. The van der Waals surface area contributed by atoms with E-state index in [-0.39, 0.29) is 11.7 Å². The third-order valence-corrected chi connectivity index (χ3v) is 2.59. The first kappa shape index (κ1) is 13.6. The van der Waals surface area contributed by atoms with Crippen molar-refractivity contribution in [3.63, 3.8) is 0 Å². The zero-order chi connectivity index (χ0) is 12.8. The van der Waals surface area contributed by atoms with Gasteiger partial charge in [0.2, 0.25) is 5.91 Å². The van der Waals surface area contributed by atoms with Gasteiger partial charge in [0, 0.05) is 12.1 Å². The number of rotatable bonds is 5. The molecule has 0 spiro atoms. The Morgan fingerprint density at radius 1 is 1.47 bits per heavy atom. The van der Waals surface area contributed by atoms with Crippen molar-refractivity contribution in [3.8, 4) is 0 Å². The fourth-order valence-corrected chi connectivity index (χ4v) is 1.53. The number of carbonyl (C=O) groups is 1. The Morgan fingerprint density at radius 3 is 2.76 bits per heavy atom. The Hall–Kier alpha value is -1.42. The molecule has 3 N–H and O–H groups in total. The molecule has 1 aromatic rings. The number of nitrogens with one attached hydrogen (secondary N) is 1. The molecule has 17 heavy (non-hydrogen) atoms. The van der Waals surface area contributed by atoms with Crippen molar-refractivity contribution in [1.29, 1.82) is 0 Å². The van der Waals surface area contributed by atoms with Gasteiger partial charge in [-0.1, -0.05) is 6.92 Å². The smallest absolute Gasteiger partial charge is 0.224 e. The number of halogens is 1. The van der Waals surface area contributed by atoms with Crippen LogP contribution in [0.2, 0.25) is 0 Å². The number of benzene rings is 1. The molecule has 0 bridgehead atoms. The zero-order valence-electron chi connectivity index (χ0n) is 10.3. The topological polar surface area (TPSA) is 55.1 Å². The number of carbonyl (C=O) groups excluding carboxylic acids is 1. The highest BCUT2D eigenvalue weighted by molar-refractivity contribution is 5.90. The maximum atomic E-state index is 13.1. The Balaban J connectivity index is 2.50. The van der Waals surface area contributed by atoms with Gasteiger partial charge in [-0.2, -0.15) is 0 Å². The molecule has 0 radical (unpaired) electrons. The molecule has 0 heterocycles. The van der Waals surface area contributed by atoms with Gasteiger partial charge in [0.1, 0.15) is 5.82 Å². The van der Waals surface area contributed by atoms with Gasteiger partial charge in [-0.05, 0) is 49.6 Å². The van der Waals surface area contributed by atoms with Crippen molar-refractivity contribution in [1.82, 2.24) is 0 Å². The van der Waals surface area contributed by atoms with Crippen molar-refractivity contribution >= 4 is 11.6 Å². The number of anilines is 1. The molecule has 0 aliphatic rings. The minimum atomic E-state index is -0.337. The lowest BCUT2D eigenvalue weighted by molar-refractivity contribution is -0.116. The highest BCUT2D eigenvalue weighted by Gasteiger charge is 2.06. The Kier molecular flexibility index (Phi) is 5.10. The molecule has 3 nitrogen and oxygen atoms in total. The van der Waals surface area contributed by atoms with E-state index in [0.29, 0.717) is 24.6 Å². The second-order valence-electron chi connectivity index (χ2n) is 4.44. The largest absolute Gasteiger partial charge is 0.330 e. The molecule has 1 amide bonds. The van der Waals surface area contributed by atoms with Crippen LogP contribution in [0.1, 0.15) is 25.3 Å². The molecule has 0 aromatic heterocycles. The third-order valence-electron chi connectivity index (χ3n) is 2.59. The van der Waals surface area contributed by atoms with Crippen LogP contribution in [-0.4, -0.2) is 12.5 Å². The molecule has 94 valence electrons. The summed E-state index contributed by atoms with van der Waals surface area (Å²) in [6.45, 7) is 4.36. The van der Waals surface area contributed by atoms with Crippen molar-refractivity contribution < 1.29 is 9.18 Å². The number of aryl methyl sites for hydroxylation is 1. The second kappa shape index (κ2) is 6.35. The summed E-state index contributed by atoms with van der Waals surface area (Å²) in [5.41, 5.74) is 6.76. The van der Waals surface area contributed by atoms with Gasteiger partial charge in [-0.3, -0.25) is 4.79 Å². The number of hydrogen-bond donors (Lipinski definition) is 2. The van der Waals surface area contributed by atoms with Crippen LogP contribution in [0.4, 0.5) is 10.1 Å². The van der Waals surface area contributed by atoms with E-state index in [1.54, 1.807) is 13.0 Å². The van der Waals surface area contributed by atoms with Crippen LogP contribution in [0.5, 0.6) is 0 Å². The molecule has 1 unspecified atom stereocenters. The van der Waals surface area contributed by atoms with Crippen LogP contribution in [0.25, 0.3) is 0 Å². The predicted octanol–water partition coefficient (Wildman–Crippen LogP) is 2.45. The molecule has 1 rings (SSSR count). The molecule has 0 saturated carbocycles. The lowest BCUT2D eigenvalue weighted by Gasteiger charge is -2.09. The summed E-state index contributed by atoms with van der Waals surface area (Å²) in [7, 11) is 0. The normalized spacial score (nSPS) is 12.2. The minimum Gasteiger partial charge on any atom is -0.330 e. The first-order valence-corrected chi connectivity index (χ1v) is 5.78. The standard InChI is InChI=1S/C13H19FN2O/c1-9(8-15)3-4-13(17)16-12-6-10(2)5-11(14)7-12/h5-7,9H,3-4,8,15H2,1-2H3,(H,16,17). The Morgan fingerprint density at radius 2 is 2.18 bits per heavy atom. The Bertz CT molecular complexity index is 373. The van der Waals surface area contributed by atoms with E-state index in [1.165, 1.54) is 12.1 Å². The van der Waals surface area contributed by atoms with Crippen molar-refractivity contribution in [3.05, 3.63) is 29.6 Å². The molecule has 4 heteroatoms. The van der Waals surface area contributed by atoms with Crippen LogP contribution in [0.15, 0.2) is 18.2 Å². The van der Waals surface area contributed by atoms with Gasteiger partial charge >= 0.3 is 0 Å². The fourth-order valence-electron chi connectivity index (χ4n) is 1.53. The van der Waals surface area contributed by atoms with E-state index in [2.05, 4.69) is 5.32 Å². The summed E-state index contributed by atoms with van der Waals surface area (Å²) in [5, 5.41) is 2.68. The van der Waals surface area contributed by atoms with Gasteiger partial charge in [0.15, 0.2) is 0 Å². The van der Waals surface area contributed by atoms with E-state index in [9.17, 15) is 9.18 Å². The first-order valence-electron chi connectivity index (χ1n) is 5.78. The molecule has 1 atom stereocenters. The van der Waals surface area contributed by atoms with Crippen LogP contribution in [0, 0.1) is 18.7 Å². The maximum absolute atomic E-state index is 13.1. The van der Waals surface area contributed by atoms with Gasteiger partial charge < -0.3 is 11.1 Å². The molecular weight excluding hydrogens is 219 g/mol. The highest BCUT2D eigenvalue weighted by atomic mass is 19.1. The maximum Gasteiger partial charge on any atom is 0.224 e. The summed E-state index contributed by atoms with van der Waals surface area (Å²) >= 11 is 0. The Labute approximate surface area is 101 Å². The zero-order valence-corrected chi connectivity index (χ0v) is 10.3. The quantitative estimate of drug-likeness (QED) is 0.827. The summed E-state index contributed by atoms with van der Waals surface area (Å²) in [6.07, 6.45) is 1.16.